The molecular weight excluding hydrogens is 271 g/mol. The molecule has 0 bridgehead atoms. The van der Waals surface area contributed by atoms with Crippen molar-refractivity contribution in [1.82, 2.24) is 4.90 Å². The van der Waals surface area contributed by atoms with Crippen LogP contribution in [0, 0.1) is 17.1 Å². The molecule has 0 N–H and O–H groups in total. The molecule has 1 aromatic carbocycles. The molecule has 0 aromatic heterocycles. The van der Waals surface area contributed by atoms with Crippen LogP contribution in [0.25, 0.3) is 0 Å². The lowest BCUT2D eigenvalue weighted by Crippen LogP contribution is -2.31. The van der Waals surface area contributed by atoms with Crippen LogP contribution in [0.4, 0.5) is 4.39 Å². The van der Waals surface area contributed by atoms with Crippen molar-refractivity contribution in [3.05, 3.63) is 35.6 Å². The molecule has 0 saturated carbocycles. The standard InChI is InChI=1S/C16H21FN2O2/c1-3-9-19(10-8-16(20)21-4-2)15(12-18)13-6-5-7-14(17)11-13/h5-7,11,15H,3-4,8-10H2,1-2H3. The van der Waals surface area contributed by atoms with Crippen LogP contribution in [0.3, 0.4) is 0 Å². The lowest BCUT2D eigenvalue weighted by molar-refractivity contribution is -0.143. The van der Waals surface area contributed by atoms with Crippen molar-refractivity contribution < 1.29 is 13.9 Å². The zero-order valence-corrected chi connectivity index (χ0v) is 12.5. The van der Waals surface area contributed by atoms with Gasteiger partial charge in [0.25, 0.3) is 0 Å². The Morgan fingerprint density at radius 1 is 1.43 bits per heavy atom. The predicted molar refractivity (Wildman–Crippen MR) is 77.9 cm³/mol. The van der Waals surface area contributed by atoms with Gasteiger partial charge in [-0.25, -0.2) is 4.39 Å². The van der Waals surface area contributed by atoms with E-state index < -0.39 is 6.04 Å². The minimum Gasteiger partial charge on any atom is -0.466 e. The van der Waals surface area contributed by atoms with Gasteiger partial charge in [-0.05, 0) is 37.6 Å². The largest absolute Gasteiger partial charge is 0.466 e. The highest BCUT2D eigenvalue weighted by atomic mass is 19.1. The Labute approximate surface area is 125 Å². The maximum atomic E-state index is 13.3. The highest BCUT2D eigenvalue weighted by Crippen LogP contribution is 2.21. The number of carbonyl (C=O) groups is 1. The first-order valence-corrected chi connectivity index (χ1v) is 7.17. The van der Waals surface area contributed by atoms with Crippen LogP contribution in [-0.4, -0.2) is 30.6 Å². The molecular formula is C16H21FN2O2. The lowest BCUT2D eigenvalue weighted by atomic mass is 10.1. The van der Waals surface area contributed by atoms with Gasteiger partial charge in [-0.15, -0.1) is 0 Å². The minimum absolute atomic E-state index is 0.224. The quantitative estimate of drug-likeness (QED) is 0.691. The van der Waals surface area contributed by atoms with Crippen LogP contribution >= 0.6 is 0 Å². The topological polar surface area (TPSA) is 53.3 Å². The highest BCUT2D eigenvalue weighted by molar-refractivity contribution is 5.69. The van der Waals surface area contributed by atoms with Crippen LogP contribution in [0.5, 0.6) is 0 Å². The number of rotatable bonds is 8. The fourth-order valence-corrected chi connectivity index (χ4v) is 2.17. The second kappa shape index (κ2) is 9.09. The first-order valence-electron chi connectivity index (χ1n) is 7.17. The van der Waals surface area contributed by atoms with Gasteiger partial charge in [0.05, 0.1) is 19.1 Å². The zero-order valence-electron chi connectivity index (χ0n) is 12.5. The van der Waals surface area contributed by atoms with Crippen molar-refractivity contribution in [2.24, 2.45) is 0 Å². The number of nitrogens with zero attached hydrogens (tertiary/aromatic N) is 2. The fraction of sp³-hybridized carbons (Fsp3) is 0.500. The van der Waals surface area contributed by atoms with Gasteiger partial charge < -0.3 is 4.74 Å². The molecule has 5 heteroatoms. The normalized spacial score (nSPS) is 12.0. The summed E-state index contributed by atoms with van der Waals surface area (Å²) in [4.78, 5) is 13.3. The average molecular weight is 292 g/mol. The number of nitriles is 1. The molecule has 0 amide bonds. The van der Waals surface area contributed by atoms with Gasteiger partial charge in [0.2, 0.25) is 0 Å². The molecule has 0 saturated heterocycles. The van der Waals surface area contributed by atoms with E-state index in [4.69, 9.17) is 4.74 Å². The first-order chi connectivity index (χ1) is 10.1. The summed E-state index contributed by atoms with van der Waals surface area (Å²) in [6, 6.07) is 7.66. The Morgan fingerprint density at radius 2 is 2.19 bits per heavy atom. The van der Waals surface area contributed by atoms with Gasteiger partial charge in [0.15, 0.2) is 0 Å². The molecule has 0 heterocycles. The Hall–Kier alpha value is -1.93. The van der Waals surface area contributed by atoms with E-state index in [9.17, 15) is 14.4 Å². The van der Waals surface area contributed by atoms with Gasteiger partial charge in [-0.2, -0.15) is 5.26 Å². The van der Waals surface area contributed by atoms with Gasteiger partial charge in [-0.1, -0.05) is 19.1 Å². The van der Waals surface area contributed by atoms with Crippen molar-refractivity contribution in [1.29, 1.82) is 5.26 Å². The number of carbonyl (C=O) groups excluding carboxylic acids is 1. The Bertz CT molecular complexity index is 499. The lowest BCUT2D eigenvalue weighted by Gasteiger charge is -2.26. The summed E-state index contributed by atoms with van der Waals surface area (Å²) in [5, 5.41) is 9.41. The SMILES string of the molecule is CCCN(CCC(=O)OCC)C(C#N)c1cccc(F)c1. The maximum Gasteiger partial charge on any atom is 0.307 e. The van der Waals surface area contributed by atoms with E-state index >= 15 is 0 Å². The second-order valence-corrected chi connectivity index (χ2v) is 4.68. The molecule has 1 aromatic rings. The monoisotopic (exact) mass is 292 g/mol. The molecule has 1 rings (SSSR count). The molecule has 0 fully saturated rings. The molecule has 114 valence electrons. The third kappa shape index (κ3) is 5.52. The molecule has 1 atom stereocenters. The Morgan fingerprint density at radius 3 is 2.76 bits per heavy atom. The van der Waals surface area contributed by atoms with Crippen molar-refractivity contribution in [2.75, 3.05) is 19.7 Å². The van der Waals surface area contributed by atoms with Crippen molar-refractivity contribution in [3.63, 3.8) is 0 Å². The average Bonchev–Trinajstić information content (AvgIpc) is 2.46. The van der Waals surface area contributed by atoms with E-state index in [1.165, 1.54) is 12.1 Å². The molecule has 0 spiro atoms. The zero-order chi connectivity index (χ0) is 15.7. The number of benzene rings is 1. The summed E-state index contributed by atoms with van der Waals surface area (Å²) in [7, 11) is 0. The summed E-state index contributed by atoms with van der Waals surface area (Å²) < 4.78 is 18.2. The molecule has 0 aliphatic heterocycles. The minimum atomic E-state index is -0.560. The van der Waals surface area contributed by atoms with Crippen molar-refractivity contribution >= 4 is 5.97 Å². The molecule has 21 heavy (non-hydrogen) atoms. The van der Waals surface area contributed by atoms with Gasteiger partial charge >= 0.3 is 5.97 Å². The van der Waals surface area contributed by atoms with E-state index in [0.717, 1.165) is 6.42 Å². The van der Waals surface area contributed by atoms with Gasteiger partial charge in [0, 0.05) is 6.54 Å². The van der Waals surface area contributed by atoms with Crippen molar-refractivity contribution in [3.8, 4) is 6.07 Å². The van der Waals surface area contributed by atoms with E-state index in [0.29, 0.717) is 25.3 Å². The third-order valence-electron chi connectivity index (χ3n) is 3.07. The number of hydrogen-bond donors (Lipinski definition) is 0. The van der Waals surface area contributed by atoms with E-state index in [1.807, 2.05) is 11.8 Å². The Balaban J connectivity index is 2.81. The molecule has 0 radical (unpaired) electrons. The van der Waals surface area contributed by atoms with Gasteiger partial charge in [0.1, 0.15) is 11.9 Å². The molecule has 0 aliphatic carbocycles. The fourth-order valence-electron chi connectivity index (χ4n) is 2.17. The van der Waals surface area contributed by atoms with Crippen LogP contribution in [-0.2, 0) is 9.53 Å². The van der Waals surface area contributed by atoms with Crippen LogP contribution in [0.1, 0.15) is 38.3 Å². The third-order valence-corrected chi connectivity index (χ3v) is 3.07. The molecule has 0 aliphatic rings. The van der Waals surface area contributed by atoms with E-state index in [2.05, 4.69) is 6.07 Å². The second-order valence-electron chi connectivity index (χ2n) is 4.68. The number of hydrogen-bond acceptors (Lipinski definition) is 4. The van der Waals surface area contributed by atoms with Crippen LogP contribution in [0.15, 0.2) is 24.3 Å². The van der Waals surface area contributed by atoms with Crippen LogP contribution in [0.2, 0.25) is 0 Å². The predicted octanol–water partition coefficient (Wildman–Crippen LogP) is 3.06. The summed E-state index contributed by atoms with van der Waals surface area (Å²) in [5.74, 6) is -0.649. The van der Waals surface area contributed by atoms with Gasteiger partial charge in [-0.3, -0.25) is 9.69 Å². The van der Waals surface area contributed by atoms with E-state index in [-0.39, 0.29) is 18.2 Å². The summed E-state index contributed by atoms with van der Waals surface area (Å²) in [6.45, 7) is 5.18. The number of ether oxygens (including phenoxy) is 1. The van der Waals surface area contributed by atoms with Crippen LogP contribution < -0.4 is 0 Å². The number of halogens is 1. The maximum absolute atomic E-state index is 13.3. The smallest absolute Gasteiger partial charge is 0.307 e. The van der Waals surface area contributed by atoms with Crippen molar-refractivity contribution in [2.45, 2.75) is 32.7 Å². The first kappa shape index (κ1) is 17.1. The summed E-state index contributed by atoms with van der Waals surface area (Å²) in [6.07, 6.45) is 1.07. The molecule has 1 unspecified atom stereocenters. The molecule has 4 nitrogen and oxygen atoms in total. The Kier molecular flexibility index (Phi) is 7.41. The summed E-state index contributed by atoms with van der Waals surface area (Å²) >= 11 is 0. The number of esters is 1. The highest BCUT2D eigenvalue weighted by Gasteiger charge is 2.20. The van der Waals surface area contributed by atoms with E-state index in [1.54, 1.807) is 19.1 Å². The summed E-state index contributed by atoms with van der Waals surface area (Å²) in [5.41, 5.74) is 0.606.